The smallest absolute Gasteiger partial charge is 0.408 e. The molecule has 2 rings (SSSR count). The van der Waals surface area contributed by atoms with E-state index >= 15 is 0 Å². The Bertz CT molecular complexity index is 909. The van der Waals surface area contributed by atoms with Gasteiger partial charge in [-0.25, -0.2) is 9.48 Å². The Morgan fingerprint density at radius 2 is 1.82 bits per heavy atom. The third kappa shape index (κ3) is 8.65. The number of hydrogen-bond acceptors (Lipinski definition) is 6. The average molecular weight is 479 g/mol. The standard InChI is InChI=1S/C25H42N4O5/c1-16(2)15-33-19-13-21(31)29(28-22(19)17(3)4)14-20(30)26-18-9-11-25(8,12-10-18)27-23(32)34-24(5,6)7/h13,16-18H,9-12,14-15H2,1-8H3,(H,26,30)(H,27,32). The molecule has 0 bridgehead atoms. The van der Waals surface area contributed by atoms with Crippen LogP contribution in [-0.2, 0) is 16.1 Å². The number of rotatable bonds is 8. The van der Waals surface area contributed by atoms with Gasteiger partial charge in [0.25, 0.3) is 5.56 Å². The van der Waals surface area contributed by atoms with Gasteiger partial charge in [-0.15, -0.1) is 0 Å². The van der Waals surface area contributed by atoms with E-state index in [9.17, 15) is 14.4 Å². The topological polar surface area (TPSA) is 112 Å². The van der Waals surface area contributed by atoms with Crippen molar-refractivity contribution in [2.24, 2.45) is 5.92 Å². The molecule has 1 fully saturated rings. The molecule has 2 amide bonds. The lowest BCUT2D eigenvalue weighted by Crippen LogP contribution is -2.52. The van der Waals surface area contributed by atoms with Gasteiger partial charge < -0.3 is 20.1 Å². The first-order valence-corrected chi connectivity index (χ1v) is 12.2. The van der Waals surface area contributed by atoms with Gasteiger partial charge in [0.2, 0.25) is 5.91 Å². The molecule has 1 heterocycles. The van der Waals surface area contributed by atoms with Crippen molar-refractivity contribution in [2.75, 3.05) is 6.61 Å². The number of carbonyl (C=O) groups excluding carboxylic acids is 2. The van der Waals surface area contributed by atoms with Gasteiger partial charge in [-0.05, 0) is 59.3 Å². The van der Waals surface area contributed by atoms with Crippen molar-refractivity contribution in [1.82, 2.24) is 20.4 Å². The summed E-state index contributed by atoms with van der Waals surface area (Å²) in [7, 11) is 0. The second kappa shape index (κ2) is 11.2. The van der Waals surface area contributed by atoms with Crippen LogP contribution < -0.4 is 20.9 Å². The highest BCUT2D eigenvalue weighted by Gasteiger charge is 2.34. The zero-order valence-electron chi connectivity index (χ0n) is 22.0. The highest BCUT2D eigenvalue weighted by Crippen LogP contribution is 2.28. The van der Waals surface area contributed by atoms with Crippen LogP contribution in [0.15, 0.2) is 10.9 Å². The minimum atomic E-state index is -0.550. The summed E-state index contributed by atoms with van der Waals surface area (Å²) < 4.78 is 12.3. The first kappa shape index (κ1) is 27.7. The number of nitrogens with one attached hydrogen (secondary N) is 2. The molecule has 0 spiro atoms. The Morgan fingerprint density at radius 3 is 2.35 bits per heavy atom. The second-order valence-electron chi connectivity index (χ2n) is 11.3. The van der Waals surface area contributed by atoms with Gasteiger partial charge in [0.05, 0.1) is 6.61 Å². The lowest BCUT2D eigenvalue weighted by molar-refractivity contribution is -0.123. The van der Waals surface area contributed by atoms with Crippen LogP contribution in [0.1, 0.15) is 92.7 Å². The third-order valence-corrected chi connectivity index (χ3v) is 5.66. The molecule has 1 aliphatic rings. The largest absolute Gasteiger partial charge is 0.491 e. The Kier molecular flexibility index (Phi) is 9.14. The molecule has 2 N–H and O–H groups in total. The molecule has 0 saturated heterocycles. The Balaban J connectivity index is 1.95. The monoisotopic (exact) mass is 478 g/mol. The molecule has 0 radical (unpaired) electrons. The number of alkyl carbamates (subject to hydrolysis) is 1. The molecule has 1 aromatic rings. The van der Waals surface area contributed by atoms with E-state index in [1.807, 2.05) is 55.4 Å². The lowest BCUT2D eigenvalue weighted by atomic mass is 9.81. The number of amides is 2. The van der Waals surface area contributed by atoms with Gasteiger partial charge in [-0.3, -0.25) is 9.59 Å². The van der Waals surface area contributed by atoms with Crippen LogP contribution in [0.4, 0.5) is 4.79 Å². The molecule has 0 atom stereocenters. The van der Waals surface area contributed by atoms with E-state index in [1.54, 1.807) is 0 Å². The van der Waals surface area contributed by atoms with Crippen LogP contribution >= 0.6 is 0 Å². The van der Waals surface area contributed by atoms with Crippen molar-refractivity contribution in [1.29, 1.82) is 0 Å². The molecule has 0 aliphatic heterocycles. The zero-order chi connectivity index (χ0) is 25.7. The van der Waals surface area contributed by atoms with Crippen molar-refractivity contribution in [3.8, 4) is 5.75 Å². The fraction of sp³-hybridized carbons (Fsp3) is 0.760. The predicted octanol–water partition coefficient (Wildman–Crippen LogP) is 3.74. The number of aromatic nitrogens is 2. The fourth-order valence-electron chi connectivity index (χ4n) is 3.86. The summed E-state index contributed by atoms with van der Waals surface area (Å²) in [5.41, 5.74) is -0.628. The van der Waals surface area contributed by atoms with E-state index in [0.717, 1.165) is 25.7 Å². The highest BCUT2D eigenvalue weighted by atomic mass is 16.6. The fourth-order valence-corrected chi connectivity index (χ4v) is 3.86. The minimum Gasteiger partial charge on any atom is -0.491 e. The molecule has 1 aliphatic carbocycles. The maximum Gasteiger partial charge on any atom is 0.408 e. The molecule has 0 unspecified atom stereocenters. The summed E-state index contributed by atoms with van der Waals surface area (Å²) in [6.07, 6.45) is 2.45. The number of nitrogens with zero attached hydrogens (tertiary/aromatic N) is 2. The molecule has 192 valence electrons. The highest BCUT2D eigenvalue weighted by molar-refractivity contribution is 5.76. The maximum atomic E-state index is 12.7. The van der Waals surface area contributed by atoms with Gasteiger partial charge in [0.1, 0.15) is 23.6 Å². The van der Waals surface area contributed by atoms with Gasteiger partial charge >= 0.3 is 6.09 Å². The summed E-state index contributed by atoms with van der Waals surface area (Å²) in [5, 5.41) is 10.4. The van der Waals surface area contributed by atoms with Crippen molar-refractivity contribution in [2.45, 2.75) is 111 Å². The minimum absolute atomic E-state index is 0.0186. The van der Waals surface area contributed by atoms with E-state index < -0.39 is 11.7 Å². The summed E-state index contributed by atoms with van der Waals surface area (Å²) in [6, 6.07) is 1.40. The molecule has 0 aromatic carbocycles. The Hall–Kier alpha value is -2.58. The normalized spacial score (nSPS) is 20.8. The van der Waals surface area contributed by atoms with Gasteiger partial charge in [0, 0.05) is 23.6 Å². The maximum absolute atomic E-state index is 12.7. The Labute approximate surface area is 203 Å². The van der Waals surface area contributed by atoms with Crippen LogP contribution in [0.25, 0.3) is 0 Å². The zero-order valence-corrected chi connectivity index (χ0v) is 22.0. The predicted molar refractivity (Wildman–Crippen MR) is 131 cm³/mol. The molecular weight excluding hydrogens is 436 g/mol. The summed E-state index contributed by atoms with van der Waals surface area (Å²) >= 11 is 0. The average Bonchev–Trinajstić information content (AvgIpc) is 2.68. The van der Waals surface area contributed by atoms with Crippen LogP contribution in [0.5, 0.6) is 5.75 Å². The van der Waals surface area contributed by atoms with E-state index in [2.05, 4.69) is 15.7 Å². The van der Waals surface area contributed by atoms with Crippen LogP contribution in [0.3, 0.4) is 0 Å². The van der Waals surface area contributed by atoms with Crippen LogP contribution in [0, 0.1) is 5.92 Å². The molecule has 9 heteroatoms. The molecular formula is C25H42N4O5. The molecule has 1 saturated carbocycles. The van der Waals surface area contributed by atoms with Crippen molar-refractivity contribution >= 4 is 12.0 Å². The molecule has 9 nitrogen and oxygen atoms in total. The molecule has 1 aromatic heterocycles. The Morgan fingerprint density at radius 1 is 1.21 bits per heavy atom. The van der Waals surface area contributed by atoms with Crippen molar-refractivity contribution in [3.63, 3.8) is 0 Å². The number of hydrogen-bond donors (Lipinski definition) is 2. The van der Waals surface area contributed by atoms with Gasteiger partial charge in [0.15, 0.2) is 0 Å². The second-order valence-corrected chi connectivity index (χ2v) is 11.3. The third-order valence-electron chi connectivity index (χ3n) is 5.66. The van der Waals surface area contributed by atoms with E-state index in [0.29, 0.717) is 24.0 Å². The number of ether oxygens (including phenoxy) is 2. The molecule has 34 heavy (non-hydrogen) atoms. The number of carbonyl (C=O) groups is 2. The summed E-state index contributed by atoms with van der Waals surface area (Å²) in [4.78, 5) is 37.4. The van der Waals surface area contributed by atoms with Crippen molar-refractivity contribution < 1.29 is 19.1 Å². The lowest BCUT2D eigenvalue weighted by Gasteiger charge is -2.38. The SMILES string of the molecule is CC(C)COc1cc(=O)n(CC(=O)NC2CCC(C)(NC(=O)OC(C)(C)C)CC2)nc1C(C)C. The first-order chi connectivity index (χ1) is 15.7. The quantitative estimate of drug-likeness (QED) is 0.589. The van der Waals surface area contributed by atoms with Crippen LogP contribution in [-0.4, -0.2) is 45.6 Å². The van der Waals surface area contributed by atoms with Crippen LogP contribution in [0.2, 0.25) is 0 Å². The van der Waals surface area contributed by atoms with E-state index in [1.165, 1.54) is 10.7 Å². The van der Waals surface area contributed by atoms with Crippen molar-refractivity contribution in [3.05, 3.63) is 22.1 Å². The van der Waals surface area contributed by atoms with Gasteiger partial charge in [-0.1, -0.05) is 27.7 Å². The van der Waals surface area contributed by atoms with E-state index in [4.69, 9.17) is 9.47 Å². The van der Waals surface area contributed by atoms with E-state index in [-0.39, 0.29) is 35.5 Å². The van der Waals surface area contributed by atoms with Gasteiger partial charge in [-0.2, -0.15) is 5.10 Å². The summed E-state index contributed by atoms with van der Waals surface area (Å²) in [5.74, 6) is 0.596. The summed E-state index contributed by atoms with van der Waals surface area (Å²) in [6.45, 7) is 15.9. The first-order valence-electron chi connectivity index (χ1n) is 12.2.